The van der Waals surface area contributed by atoms with E-state index in [0.717, 1.165) is 10.6 Å². The molecule has 0 bridgehead atoms. The van der Waals surface area contributed by atoms with Gasteiger partial charge in [0.05, 0.1) is 13.2 Å². The molecular formula is C13H19N3O7. The van der Waals surface area contributed by atoms with E-state index in [1.165, 1.54) is 13.2 Å². The van der Waals surface area contributed by atoms with E-state index in [4.69, 9.17) is 9.47 Å². The summed E-state index contributed by atoms with van der Waals surface area (Å²) in [6.07, 6.45) is -2.85. The summed E-state index contributed by atoms with van der Waals surface area (Å²) >= 11 is 0. The van der Waals surface area contributed by atoms with Gasteiger partial charge in [-0.15, -0.1) is 0 Å². The molecule has 4 N–H and O–H groups in total. The molecule has 1 aromatic heterocycles. The molecule has 1 amide bonds. The van der Waals surface area contributed by atoms with Crippen LogP contribution in [0.4, 0.5) is 0 Å². The zero-order valence-corrected chi connectivity index (χ0v) is 12.5. The first-order valence-corrected chi connectivity index (χ1v) is 7.06. The predicted molar refractivity (Wildman–Crippen MR) is 76.7 cm³/mol. The Morgan fingerprint density at radius 2 is 2.26 bits per heavy atom. The minimum absolute atomic E-state index is 0.00247. The first-order chi connectivity index (χ1) is 11.0. The second-order valence-corrected chi connectivity index (χ2v) is 5.01. The maximum absolute atomic E-state index is 11.9. The molecule has 10 heteroatoms. The predicted octanol–water partition coefficient (Wildman–Crippen LogP) is -2.69. The second-order valence-electron chi connectivity index (χ2n) is 5.01. The van der Waals surface area contributed by atoms with Crippen molar-refractivity contribution >= 4 is 5.91 Å². The Labute approximate surface area is 130 Å². The quantitative estimate of drug-likeness (QED) is 0.445. The Hall–Kier alpha value is -2.01. The summed E-state index contributed by atoms with van der Waals surface area (Å²) < 4.78 is 12.0. The fourth-order valence-corrected chi connectivity index (χ4v) is 2.31. The average Bonchev–Trinajstić information content (AvgIpc) is 2.83. The van der Waals surface area contributed by atoms with Gasteiger partial charge in [-0.25, -0.2) is 4.79 Å². The summed E-state index contributed by atoms with van der Waals surface area (Å²) in [5, 5.41) is 21.8. The van der Waals surface area contributed by atoms with Crippen LogP contribution in [-0.2, 0) is 14.3 Å². The zero-order valence-electron chi connectivity index (χ0n) is 12.5. The van der Waals surface area contributed by atoms with Crippen molar-refractivity contribution < 1.29 is 24.5 Å². The molecule has 0 aliphatic carbocycles. The molecule has 0 saturated carbocycles. The molecule has 10 nitrogen and oxygen atoms in total. The molecule has 0 aromatic carbocycles. The lowest BCUT2D eigenvalue weighted by Gasteiger charge is -2.22. The average molecular weight is 329 g/mol. The van der Waals surface area contributed by atoms with Crippen molar-refractivity contribution in [1.29, 1.82) is 0 Å². The summed E-state index contributed by atoms with van der Waals surface area (Å²) in [6, 6.07) is 1.13. The molecular weight excluding hydrogens is 310 g/mol. The third kappa shape index (κ3) is 3.85. The lowest BCUT2D eigenvalue weighted by Crippen LogP contribution is -2.39. The van der Waals surface area contributed by atoms with Gasteiger partial charge in [0.2, 0.25) is 5.91 Å². The van der Waals surface area contributed by atoms with Crippen molar-refractivity contribution in [2.75, 3.05) is 20.3 Å². The number of aromatic amines is 1. The van der Waals surface area contributed by atoms with Crippen LogP contribution >= 0.6 is 0 Å². The number of nitrogens with one attached hydrogen (secondary N) is 2. The second kappa shape index (κ2) is 7.51. The number of hydrogen-bond donors (Lipinski definition) is 4. The molecule has 1 aliphatic rings. The minimum atomic E-state index is -1.19. The van der Waals surface area contributed by atoms with Crippen LogP contribution in [0.15, 0.2) is 21.9 Å². The van der Waals surface area contributed by atoms with E-state index in [1.54, 1.807) is 0 Å². The van der Waals surface area contributed by atoms with Gasteiger partial charge in [0.25, 0.3) is 5.56 Å². The van der Waals surface area contributed by atoms with E-state index in [-0.39, 0.29) is 18.9 Å². The molecule has 1 saturated heterocycles. The molecule has 128 valence electrons. The first kappa shape index (κ1) is 17.3. The summed E-state index contributed by atoms with van der Waals surface area (Å²) in [5.41, 5.74) is -1.30. The molecule has 0 spiro atoms. The van der Waals surface area contributed by atoms with Crippen molar-refractivity contribution in [1.82, 2.24) is 14.9 Å². The minimum Gasteiger partial charge on any atom is -0.394 e. The molecule has 2 rings (SSSR count). The number of hydrogen-bond acceptors (Lipinski definition) is 7. The maximum Gasteiger partial charge on any atom is 0.330 e. The molecule has 2 heterocycles. The number of amides is 1. The largest absolute Gasteiger partial charge is 0.394 e. The summed E-state index contributed by atoms with van der Waals surface area (Å²) in [6.45, 7) is -0.470. The van der Waals surface area contributed by atoms with Gasteiger partial charge in [-0.1, -0.05) is 0 Å². The Balaban J connectivity index is 2.18. The standard InChI is InChI=1S/C13H19N3O7/c1-14-8(18)3-5-22-11-10(20)7(6-17)23-12(11)16-4-2-9(19)15-13(16)21/h2,4,7,10-12,17,20H,3,5-6H2,1H3,(H,14,18)(H,15,19,21)/t7-,10+,11-,12-/m1/s1. The fourth-order valence-electron chi connectivity index (χ4n) is 2.31. The number of carbonyl (C=O) groups excluding carboxylic acids is 1. The number of H-pyrrole nitrogens is 1. The molecule has 1 aromatic rings. The van der Waals surface area contributed by atoms with Crippen LogP contribution in [0, 0.1) is 0 Å². The van der Waals surface area contributed by atoms with Gasteiger partial charge in [-0.05, 0) is 0 Å². The number of aliphatic hydroxyl groups is 2. The van der Waals surface area contributed by atoms with Crippen molar-refractivity contribution in [3.63, 3.8) is 0 Å². The van der Waals surface area contributed by atoms with E-state index in [0.29, 0.717) is 0 Å². The lowest BCUT2D eigenvalue weighted by atomic mass is 10.1. The molecule has 1 fully saturated rings. The van der Waals surface area contributed by atoms with Crippen LogP contribution < -0.4 is 16.6 Å². The number of nitrogens with zero attached hydrogens (tertiary/aromatic N) is 1. The Morgan fingerprint density at radius 3 is 2.87 bits per heavy atom. The van der Waals surface area contributed by atoms with Gasteiger partial charge >= 0.3 is 5.69 Å². The summed E-state index contributed by atoms with van der Waals surface area (Å²) in [7, 11) is 1.49. The van der Waals surface area contributed by atoms with Crippen molar-refractivity contribution in [3.8, 4) is 0 Å². The molecule has 0 unspecified atom stereocenters. The number of rotatable bonds is 6. The highest BCUT2D eigenvalue weighted by Gasteiger charge is 2.45. The smallest absolute Gasteiger partial charge is 0.330 e. The highest BCUT2D eigenvalue weighted by molar-refractivity contribution is 5.75. The highest BCUT2D eigenvalue weighted by atomic mass is 16.6. The van der Waals surface area contributed by atoms with Crippen LogP contribution in [0.25, 0.3) is 0 Å². The number of aromatic nitrogens is 2. The molecule has 23 heavy (non-hydrogen) atoms. The van der Waals surface area contributed by atoms with Gasteiger partial charge < -0.3 is 25.0 Å². The summed E-state index contributed by atoms with van der Waals surface area (Å²) in [5.74, 6) is -0.241. The van der Waals surface area contributed by atoms with Crippen LogP contribution in [0.2, 0.25) is 0 Å². The molecule has 1 aliphatic heterocycles. The van der Waals surface area contributed by atoms with Gasteiger partial charge in [0.15, 0.2) is 6.23 Å². The monoisotopic (exact) mass is 329 g/mol. The number of carbonyl (C=O) groups is 1. The SMILES string of the molecule is CNC(=O)CCO[C@@H]1[C@@H](O)[C@@H](CO)O[C@H]1n1ccc(=O)[nH]c1=O. The van der Waals surface area contributed by atoms with E-state index in [9.17, 15) is 24.6 Å². The third-order valence-corrected chi connectivity index (χ3v) is 3.54. The maximum atomic E-state index is 11.9. The van der Waals surface area contributed by atoms with Gasteiger partial charge in [0.1, 0.15) is 18.3 Å². The number of ether oxygens (including phenoxy) is 2. The normalized spacial score (nSPS) is 27.1. The van der Waals surface area contributed by atoms with Crippen LogP contribution in [0.3, 0.4) is 0 Å². The first-order valence-electron chi connectivity index (χ1n) is 7.06. The third-order valence-electron chi connectivity index (χ3n) is 3.54. The van der Waals surface area contributed by atoms with E-state index >= 15 is 0 Å². The van der Waals surface area contributed by atoms with Crippen LogP contribution in [0.5, 0.6) is 0 Å². The van der Waals surface area contributed by atoms with E-state index in [1.807, 2.05) is 0 Å². The molecule has 0 radical (unpaired) electrons. The molecule has 4 atom stereocenters. The number of aliphatic hydroxyl groups excluding tert-OH is 2. The van der Waals surface area contributed by atoms with Crippen molar-refractivity contribution in [3.05, 3.63) is 33.1 Å². The Kier molecular flexibility index (Phi) is 5.66. The fraction of sp³-hybridized carbons (Fsp3) is 0.615. The zero-order chi connectivity index (χ0) is 17.0. The van der Waals surface area contributed by atoms with Gasteiger partial charge in [-0.2, -0.15) is 0 Å². The Morgan fingerprint density at radius 1 is 1.52 bits per heavy atom. The van der Waals surface area contributed by atoms with E-state index < -0.39 is 42.4 Å². The van der Waals surface area contributed by atoms with E-state index in [2.05, 4.69) is 10.3 Å². The van der Waals surface area contributed by atoms with Gasteiger partial charge in [-0.3, -0.25) is 19.1 Å². The van der Waals surface area contributed by atoms with Crippen LogP contribution in [-0.4, -0.2) is 64.2 Å². The highest BCUT2D eigenvalue weighted by Crippen LogP contribution is 2.30. The summed E-state index contributed by atoms with van der Waals surface area (Å²) in [4.78, 5) is 36.3. The lowest BCUT2D eigenvalue weighted by molar-refractivity contribution is -0.124. The Bertz CT molecular complexity index is 655. The van der Waals surface area contributed by atoms with Crippen molar-refractivity contribution in [2.24, 2.45) is 0 Å². The van der Waals surface area contributed by atoms with Crippen LogP contribution in [0.1, 0.15) is 12.6 Å². The van der Waals surface area contributed by atoms with Crippen molar-refractivity contribution in [2.45, 2.75) is 31.0 Å². The topological polar surface area (TPSA) is 143 Å². The van der Waals surface area contributed by atoms with Gasteiger partial charge in [0, 0.05) is 25.7 Å².